The second-order valence-corrected chi connectivity index (χ2v) is 2.95. The molecule has 1 heteroatoms. The number of hydrogen-bond acceptors (Lipinski definition) is 1. The van der Waals surface area contributed by atoms with Crippen LogP contribution in [-0.4, -0.2) is 11.7 Å². The molecule has 0 radical (unpaired) electrons. The summed E-state index contributed by atoms with van der Waals surface area (Å²) < 4.78 is 5.51. The molecule has 2 atom stereocenters. The van der Waals surface area contributed by atoms with Crippen LogP contribution in [0.5, 0.6) is 0 Å². The zero-order chi connectivity index (χ0) is 7.73. The Balaban J connectivity index is 2.10. The molecule has 2 aliphatic rings. The van der Waals surface area contributed by atoms with E-state index in [2.05, 4.69) is 31.2 Å². The van der Waals surface area contributed by atoms with Crippen molar-refractivity contribution in [3.8, 4) is 0 Å². The van der Waals surface area contributed by atoms with Crippen LogP contribution in [0.2, 0.25) is 0 Å². The molecule has 0 spiro atoms. The molecular formula is C10H12O. The highest BCUT2D eigenvalue weighted by molar-refractivity contribution is 5.37. The molecule has 1 fully saturated rings. The zero-order valence-corrected chi connectivity index (χ0v) is 6.66. The molecule has 58 valence electrons. The molecule has 0 aromatic carbocycles. The molecule has 0 saturated carbocycles. The maximum absolute atomic E-state index is 5.51. The van der Waals surface area contributed by atoms with Gasteiger partial charge in [0, 0.05) is 0 Å². The van der Waals surface area contributed by atoms with Crippen LogP contribution >= 0.6 is 0 Å². The predicted octanol–water partition coefficient (Wildman–Crippen LogP) is 2.22. The number of allylic oxidation sites excluding steroid dienone is 3. The molecule has 1 heterocycles. The molecule has 2 unspecified atom stereocenters. The number of epoxide rings is 1. The van der Waals surface area contributed by atoms with Crippen LogP contribution in [0.3, 0.4) is 0 Å². The summed E-state index contributed by atoms with van der Waals surface area (Å²) in [6.07, 6.45) is 14.0. The van der Waals surface area contributed by atoms with Crippen molar-refractivity contribution in [3.63, 3.8) is 0 Å². The van der Waals surface area contributed by atoms with Gasteiger partial charge in [0.15, 0.2) is 0 Å². The van der Waals surface area contributed by atoms with Crippen LogP contribution in [-0.2, 0) is 4.74 Å². The van der Waals surface area contributed by atoms with Crippen molar-refractivity contribution < 1.29 is 4.74 Å². The molecule has 0 aromatic heterocycles. The Bertz CT molecular complexity index is 237. The minimum Gasteiger partial charge on any atom is -0.353 e. The van der Waals surface area contributed by atoms with E-state index in [1.807, 2.05) is 12.2 Å². The van der Waals surface area contributed by atoms with Crippen LogP contribution in [0.25, 0.3) is 0 Å². The van der Waals surface area contributed by atoms with Crippen molar-refractivity contribution in [3.05, 3.63) is 36.5 Å². The zero-order valence-electron chi connectivity index (χ0n) is 6.66. The smallest absolute Gasteiger partial charge is 0.135 e. The van der Waals surface area contributed by atoms with Gasteiger partial charge in [-0.25, -0.2) is 0 Å². The van der Waals surface area contributed by atoms with E-state index in [9.17, 15) is 0 Å². The topological polar surface area (TPSA) is 12.5 Å². The van der Waals surface area contributed by atoms with Gasteiger partial charge in [0.05, 0.1) is 0 Å². The summed E-state index contributed by atoms with van der Waals surface area (Å²) >= 11 is 0. The molecular weight excluding hydrogens is 136 g/mol. The number of ether oxygens (including phenoxy) is 1. The number of rotatable bonds is 2. The molecule has 0 amide bonds. The van der Waals surface area contributed by atoms with Crippen molar-refractivity contribution in [2.45, 2.75) is 25.0 Å². The van der Waals surface area contributed by atoms with Gasteiger partial charge in [-0.15, -0.1) is 0 Å². The SMILES string of the molecule is CCC=CC12C=CC=CC1O2. The fraction of sp³-hybridized carbons (Fsp3) is 0.400. The van der Waals surface area contributed by atoms with Gasteiger partial charge in [-0.3, -0.25) is 0 Å². The van der Waals surface area contributed by atoms with E-state index in [-0.39, 0.29) is 5.60 Å². The summed E-state index contributed by atoms with van der Waals surface area (Å²) in [5.74, 6) is 0. The first-order valence-electron chi connectivity index (χ1n) is 4.09. The summed E-state index contributed by atoms with van der Waals surface area (Å²) in [6, 6.07) is 0. The normalized spacial score (nSPS) is 39.5. The highest BCUT2D eigenvalue weighted by atomic mass is 16.6. The van der Waals surface area contributed by atoms with Gasteiger partial charge in [-0.05, 0) is 18.6 Å². The third-order valence-corrected chi connectivity index (χ3v) is 2.09. The van der Waals surface area contributed by atoms with Gasteiger partial charge in [-0.1, -0.05) is 31.2 Å². The first-order chi connectivity index (χ1) is 5.37. The molecule has 11 heavy (non-hydrogen) atoms. The van der Waals surface area contributed by atoms with E-state index in [0.29, 0.717) is 6.10 Å². The lowest BCUT2D eigenvalue weighted by molar-refractivity contribution is 0.376. The minimum absolute atomic E-state index is 0.0508. The largest absolute Gasteiger partial charge is 0.353 e. The molecule has 0 bridgehead atoms. The summed E-state index contributed by atoms with van der Waals surface area (Å²) in [5, 5.41) is 0. The lowest BCUT2D eigenvalue weighted by Gasteiger charge is -2.00. The number of hydrogen-bond donors (Lipinski definition) is 0. The fourth-order valence-electron chi connectivity index (χ4n) is 1.37. The van der Waals surface area contributed by atoms with Gasteiger partial charge < -0.3 is 4.74 Å². The minimum atomic E-state index is -0.0508. The van der Waals surface area contributed by atoms with Crippen LogP contribution in [0.15, 0.2) is 36.5 Å². The molecule has 1 saturated heterocycles. The molecule has 0 aromatic rings. The first kappa shape index (κ1) is 6.86. The molecule has 0 N–H and O–H groups in total. The Kier molecular flexibility index (Phi) is 1.46. The van der Waals surface area contributed by atoms with Crippen LogP contribution < -0.4 is 0 Å². The molecule has 1 aliphatic carbocycles. The Morgan fingerprint density at radius 2 is 2.45 bits per heavy atom. The predicted molar refractivity (Wildman–Crippen MR) is 45.3 cm³/mol. The van der Waals surface area contributed by atoms with E-state index < -0.39 is 0 Å². The Hall–Kier alpha value is -0.820. The van der Waals surface area contributed by atoms with Crippen LogP contribution in [0.4, 0.5) is 0 Å². The summed E-state index contributed by atoms with van der Waals surface area (Å²) in [7, 11) is 0. The van der Waals surface area contributed by atoms with Crippen molar-refractivity contribution in [2.75, 3.05) is 0 Å². The Morgan fingerprint density at radius 1 is 1.55 bits per heavy atom. The van der Waals surface area contributed by atoms with E-state index >= 15 is 0 Å². The lowest BCUT2D eigenvalue weighted by atomic mass is 10.00. The number of fused-ring (bicyclic) bond motifs is 1. The third kappa shape index (κ3) is 1.05. The lowest BCUT2D eigenvalue weighted by Crippen LogP contribution is -2.07. The second kappa shape index (κ2) is 2.35. The average Bonchev–Trinajstić information content (AvgIpc) is 2.75. The maximum Gasteiger partial charge on any atom is 0.135 e. The Labute approximate surface area is 67.1 Å². The third-order valence-electron chi connectivity index (χ3n) is 2.09. The molecule has 1 aliphatic heterocycles. The first-order valence-corrected chi connectivity index (χ1v) is 4.09. The van der Waals surface area contributed by atoms with Crippen molar-refractivity contribution in [1.82, 2.24) is 0 Å². The van der Waals surface area contributed by atoms with Crippen molar-refractivity contribution in [2.24, 2.45) is 0 Å². The standard InChI is InChI=1S/C10H12O/c1-2-3-7-10-8-5-4-6-9(10)11-10/h3-9H,2H2,1H3. The monoisotopic (exact) mass is 148 g/mol. The van der Waals surface area contributed by atoms with Gasteiger partial charge in [0.2, 0.25) is 0 Å². The molecule has 1 nitrogen and oxygen atoms in total. The van der Waals surface area contributed by atoms with Gasteiger partial charge in [0.1, 0.15) is 11.7 Å². The van der Waals surface area contributed by atoms with E-state index in [0.717, 1.165) is 6.42 Å². The van der Waals surface area contributed by atoms with E-state index in [1.165, 1.54) is 0 Å². The van der Waals surface area contributed by atoms with Crippen LogP contribution in [0, 0.1) is 0 Å². The van der Waals surface area contributed by atoms with Crippen molar-refractivity contribution in [1.29, 1.82) is 0 Å². The quantitative estimate of drug-likeness (QED) is 0.432. The Morgan fingerprint density at radius 3 is 3.18 bits per heavy atom. The highest BCUT2D eigenvalue weighted by Crippen LogP contribution is 2.42. The summed E-state index contributed by atoms with van der Waals surface area (Å²) in [4.78, 5) is 0. The average molecular weight is 148 g/mol. The van der Waals surface area contributed by atoms with Crippen LogP contribution in [0.1, 0.15) is 13.3 Å². The van der Waals surface area contributed by atoms with E-state index in [4.69, 9.17) is 4.74 Å². The molecule has 2 rings (SSSR count). The maximum atomic E-state index is 5.51. The van der Waals surface area contributed by atoms with Gasteiger partial charge >= 0.3 is 0 Å². The van der Waals surface area contributed by atoms with Gasteiger partial charge in [0.25, 0.3) is 0 Å². The summed E-state index contributed by atoms with van der Waals surface area (Å²) in [5.41, 5.74) is -0.0508. The van der Waals surface area contributed by atoms with Crippen molar-refractivity contribution >= 4 is 0 Å². The summed E-state index contributed by atoms with van der Waals surface area (Å²) in [6.45, 7) is 2.13. The van der Waals surface area contributed by atoms with Gasteiger partial charge in [-0.2, -0.15) is 0 Å². The second-order valence-electron chi connectivity index (χ2n) is 2.95. The highest BCUT2D eigenvalue weighted by Gasteiger charge is 2.51. The fourth-order valence-corrected chi connectivity index (χ4v) is 1.37. The van der Waals surface area contributed by atoms with E-state index in [1.54, 1.807) is 0 Å².